The maximum absolute atomic E-state index is 12.5. The monoisotopic (exact) mass is 283 g/mol. The van der Waals surface area contributed by atoms with Gasteiger partial charge in [0.2, 0.25) is 0 Å². The standard InChI is InChI=1S/C16H17N3O2/c1-3-9-18(13-7-5-4-6-8-13)19-15(20)10-12(2)14(11-17)16(19)21/h4-8H,3,9-10H2,1-2H3. The second-order valence-electron chi connectivity index (χ2n) is 4.91. The van der Waals surface area contributed by atoms with E-state index in [0.717, 1.165) is 17.1 Å². The molecule has 0 saturated carbocycles. The molecule has 1 aromatic carbocycles. The van der Waals surface area contributed by atoms with Gasteiger partial charge in [-0.05, 0) is 31.1 Å². The summed E-state index contributed by atoms with van der Waals surface area (Å²) in [5, 5.41) is 11.9. The van der Waals surface area contributed by atoms with Crippen molar-refractivity contribution in [1.29, 1.82) is 5.26 Å². The van der Waals surface area contributed by atoms with Crippen molar-refractivity contribution in [3.05, 3.63) is 41.5 Å². The molecule has 0 bridgehead atoms. The number of anilines is 1. The van der Waals surface area contributed by atoms with Crippen molar-refractivity contribution >= 4 is 17.5 Å². The molecule has 108 valence electrons. The van der Waals surface area contributed by atoms with Gasteiger partial charge in [-0.15, -0.1) is 0 Å². The number of para-hydroxylation sites is 1. The van der Waals surface area contributed by atoms with Gasteiger partial charge >= 0.3 is 0 Å². The number of benzene rings is 1. The molecule has 0 fully saturated rings. The molecular formula is C16H17N3O2. The van der Waals surface area contributed by atoms with Crippen LogP contribution in [0, 0.1) is 11.3 Å². The highest BCUT2D eigenvalue weighted by atomic mass is 16.2. The Labute approximate surface area is 124 Å². The predicted octanol–water partition coefficient (Wildman–Crippen LogP) is 2.42. The zero-order valence-electron chi connectivity index (χ0n) is 12.2. The number of nitriles is 1. The average molecular weight is 283 g/mol. The molecule has 1 aromatic rings. The Bertz CT molecular complexity index is 629. The molecule has 0 unspecified atom stereocenters. The molecule has 2 rings (SSSR count). The number of hydrazine groups is 1. The van der Waals surface area contributed by atoms with Crippen molar-refractivity contribution in [1.82, 2.24) is 5.01 Å². The van der Waals surface area contributed by atoms with Crippen LogP contribution in [-0.2, 0) is 9.59 Å². The second kappa shape index (κ2) is 6.23. The van der Waals surface area contributed by atoms with Crippen LogP contribution in [0.25, 0.3) is 0 Å². The fourth-order valence-electron chi connectivity index (χ4n) is 2.34. The van der Waals surface area contributed by atoms with Crippen LogP contribution in [0.15, 0.2) is 41.5 Å². The average Bonchev–Trinajstić information content (AvgIpc) is 2.47. The normalized spacial score (nSPS) is 15.2. The highest BCUT2D eigenvalue weighted by Gasteiger charge is 2.35. The van der Waals surface area contributed by atoms with Crippen LogP contribution >= 0.6 is 0 Å². The molecule has 0 saturated heterocycles. The molecule has 5 heteroatoms. The molecule has 21 heavy (non-hydrogen) atoms. The Hall–Kier alpha value is -2.61. The van der Waals surface area contributed by atoms with Crippen molar-refractivity contribution in [3.8, 4) is 6.07 Å². The van der Waals surface area contributed by atoms with Crippen LogP contribution in [-0.4, -0.2) is 23.4 Å². The van der Waals surface area contributed by atoms with Crippen LogP contribution in [0.1, 0.15) is 26.7 Å². The zero-order chi connectivity index (χ0) is 15.4. The van der Waals surface area contributed by atoms with Gasteiger partial charge in [0.25, 0.3) is 11.8 Å². The molecule has 0 aromatic heterocycles. The summed E-state index contributed by atoms with van der Waals surface area (Å²) in [6.45, 7) is 4.15. The molecule has 2 amide bonds. The largest absolute Gasteiger partial charge is 0.290 e. The van der Waals surface area contributed by atoms with Crippen molar-refractivity contribution in [2.24, 2.45) is 0 Å². The number of rotatable bonds is 4. The highest BCUT2D eigenvalue weighted by molar-refractivity contribution is 6.11. The molecule has 1 aliphatic heterocycles. The smallest absolute Gasteiger partial charge is 0.276 e. The second-order valence-corrected chi connectivity index (χ2v) is 4.91. The summed E-state index contributed by atoms with van der Waals surface area (Å²) in [5.74, 6) is -0.836. The van der Waals surface area contributed by atoms with Gasteiger partial charge in [-0.3, -0.25) is 14.6 Å². The van der Waals surface area contributed by atoms with Crippen molar-refractivity contribution in [3.63, 3.8) is 0 Å². The van der Waals surface area contributed by atoms with E-state index in [1.807, 2.05) is 43.3 Å². The van der Waals surface area contributed by atoms with E-state index >= 15 is 0 Å². The molecule has 1 heterocycles. The Kier molecular flexibility index (Phi) is 4.39. The third kappa shape index (κ3) is 2.79. The molecule has 0 aliphatic carbocycles. The summed E-state index contributed by atoms with van der Waals surface area (Å²) in [6, 6.07) is 11.2. The number of hydrogen-bond donors (Lipinski definition) is 0. The first-order chi connectivity index (χ1) is 10.1. The summed E-state index contributed by atoms with van der Waals surface area (Å²) in [7, 11) is 0. The molecule has 0 atom stereocenters. The number of imide groups is 1. The van der Waals surface area contributed by atoms with E-state index in [2.05, 4.69) is 0 Å². The van der Waals surface area contributed by atoms with E-state index in [1.54, 1.807) is 11.9 Å². The number of carbonyl (C=O) groups excluding carboxylic acids is 2. The molecule has 0 spiro atoms. The lowest BCUT2D eigenvalue weighted by molar-refractivity contribution is -0.143. The van der Waals surface area contributed by atoms with Crippen LogP contribution in [0.3, 0.4) is 0 Å². The molecule has 0 N–H and O–H groups in total. The minimum Gasteiger partial charge on any atom is -0.276 e. The Morgan fingerprint density at radius 1 is 1.29 bits per heavy atom. The Morgan fingerprint density at radius 2 is 1.95 bits per heavy atom. The highest BCUT2D eigenvalue weighted by Crippen LogP contribution is 2.25. The lowest BCUT2D eigenvalue weighted by Gasteiger charge is -2.36. The van der Waals surface area contributed by atoms with Crippen molar-refractivity contribution < 1.29 is 9.59 Å². The lowest BCUT2D eigenvalue weighted by atomic mass is 10.0. The van der Waals surface area contributed by atoms with Crippen molar-refractivity contribution in [2.75, 3.05) is 11.6 Å². The van der Waals surface area contributed by atoms with Gasteiger partial charge in [0, 0.05) is 6.54 Å². The predicted molar refractivity (Wildman–Crippen MR) is 78.9 cm³/mol. The minimum absolute atomic E-state index is 0.0617. The fraction of sp³-hybridized carbons (Fsp3) is 0.312. The lowest BCUT2D eigenvalue weighted by Crippen LogP contribution is -2.53. The van der Waals surface area contributed by atoms with Gasteiger partial charge < -0.3 is 0 Å². The number of hydrogen-bond acceptors (Lipinski definition) is 4. The van der Waals surface area contributed by atoms with Gasteiger partial charge in [-0.1, -0.05) is 25.1 Å². The summed E-state index contributed by atoms with van der Waals surface area (Å²) in [4.78, 5) is 24.7. The van der Waals surface area contributed by atoms with E-state index in [-0.39, 0.29) is 17.9 Å². The summed E-state index contributed by atoms with van der Waals surface area (Å²) < 4.78 is 0. The van der Waals surface area contributed by atoms with Gasteiger partial charge in [0.15, 0.2) is 0 Å². The third-order valence-corrected chi connectivity index (χ3v) is 3.33. The Morgan fingerprint density at radius 3 is 2.52 bits per heavy atom. The van der Waals surface area contributed by atoms with E-state index in [4.69, 9.17) is 5.26 Å². The molecular weight excluding hydrogens is 266 g/mol. The summed E-state index contributed by atoms with van der Waals surface area (Å²) in [6.07, 6.45) is 0.873. The SMILES string of the molecule is CCCN(c1ccccc1)N1C(=O)CC(C)=C(C#N)C1=O. The number of nitrogens with zero attached hydrogens (tertiary/aromatic N) is 3. The summed E-state index contributed by atoms with van der Waals surface area (Å²) >= 11 is 0. The minimum atomic E-state index is -0.538. The zero-order valence-corrected chi connectivity index (χ0v) is 12.2. The van der Waals surface area contributed by atoms with Crippen LogP contribution in [0.2, 0.25) is 0 Å². The van der Waals surface area contributed by atoms with Gasteiger partial charge in [-0.25, -0.2) is 0 Å². The fourth-order valence-corrected chi connectivity index (χ4v) is 2.34. The van der Waals surface area contributed by atoms with Crippen LogP contribution in [0.5, 0.6) is 0 Å². The molecule has 1 aliphatic rings. The first-order valence-corrected chi connectivity index (χ1v) is 6.89. The van der Waals surface area contributed by atoms with E-state index in [9.17, 15) is 9.59 Å². The van der Waals surface area contributed by atoms with Crippen molar-refractivity contribution in [2.45, 2.75) is 26.7 Å². The van der Waals surface area contributed by atoms with Gasteiger partial charge in [0.1, 0.15) is 11.6 Å². The summed E-state index contributed by atoms with van der Waals surface area (Å²) in [5.41, 5.74) is 1.36. The molecule has 5 nitrogen and oxygen atoms in total. The maximum atomic E-state index is 12.5. The first-order valence-electron chi connectivity index (χ1n) is 6.89. The maximum Gasteiger partial charge on any atom is 0.290 e. The van der Waals surface area contributed by atoms with Crippen LogP contribution in [0.4, 0.5) is 5.69 Å². The van der Waals surface area contributed by atoms with Gasteiger partial charge in [-0.2, -0.15) is 10.3 Å². The van der Waals surface area contributed by atoms with Gasteiger partial charge in [0.05, 0.1) is 12.1 Å². The number of carbonyl (C=O) groups is 2. The van der Waals surface area contributed by atoms with E-state index < -0.39 is 5.91 Å². The van der Waals surface area contributed by atoms with E-state index in [1.165, 1.54) is 0 Å². The van der Waals surface area contributed by atoms with Crippen LogP contribution < -0.4 is 5.01 Å². The molecule has 0 radical (unpaired) electrons. The third-order valence-electron chi connectivity index (χ3n) is 3.33. The quantitative estimate of drug-likeness (QED) is 0.796. The topological polar surface area (TPSA) is 64.4 Å². The Balaban J connectivity index is 2.44. The van der Waals surface area contributed by atoms with E-state index in [0.29, 0.717) is 12.1 Å². The first kappa shape index (κ1) is 14.8. The number of amides is 2.